The highest BCUT2D eigenvalue weighted by Gasteiger charge is 2.17. The van der Waals surface area contributed by atoms with Gasteiger partial charge in [-0.15, -0.1) is 0 Å². The minimum Gasteiger partial charge on any atom is -0.258 e. The lowest BCUT2D eigenvalue weighted by Crippen LogP contribution is -2.09. The number of hydrogen-bond donors (Lipinski definition) is 0. The lowest BCUT2D eigenvalue weighted by molar-refractivity contribution is 0.848. The molecule has 0 amide bonds. The van der Waals surface area contributed by atoms with Crippen LogP contribution in [0.2, 0.25) is 0 Å². The van der Waals surface area contributed by atoms with E-state index in [4.69, 9.17) is 0 Å². The summed E-state index contributed by atoms with van der Waals surface area (Å²) in [4.78, 5) is 9.21. The maximum absolute atomic E-state index is 4.61. The van der Waals surface area contributed by atoms with E-state index in [2.05, 4.69) is 34.2 Å². The quantitative estimate of drug-likeness (QED) is 0.668. The summed E-state index contributed by atoms with van der Waals surface area (Å²) in [6, 6.07) is 8.50. The van der Waals surface area contributed by atoms with Crippen LogP contribution in [0.1, 0.15) is 22.8 Å². The lowest BCUT2D eigenvalue weighted by atomic mass is 9.91. The second-order valence-corrected chi connectivity index (χ2v) is 4.39. The molecule has 2 aromatic heterocycles. The molecule has 2 heteroatoms. The van der Waals surface area contributed by atoms with Gasteiger partial charge in [-0.25, -0.2) is 0 Å². The Bertz CT molecular complexity index is 507. The van der Waals surface area contributed by atoms with Gasteiger partial charge in [-0.3, -0.25) is 9.97 Å². The van der Waals surface area contributed by atoms with Gasteiger partial charge in [0.1, 0.15) is 0 Å². The van der Waals surface area contributed by atoms with Crippen molar-refractivity contribution in [2.24, 2.45) is 0 Å². The van der Waals surface area contributed by atoms with Gasteiger partial charge < -0.3 is 0 Å². The Kier molecular flexibility index (Phi) is 2.03. The first-order valence-corrected chi connectivity index (χ1v) is 5.67. The number of fused-ring (bicyclic) bond motifs is 3. The molecule has 2 heterocycles. The number of nitrogens with zero attached hydrogens (tertiary/aromatic N) is 2. The molecule has 80 valence electrons. The molecular weight excluding hydrogens is 196 g/mol. The Balaban J connectivity index is 2.23. The molecule has 0 N–H and O–H groups in total. The highest BCUT2D eigenvalue weighted by atomic mass is 14.7. The largest absolute Gasteiger partial charge is 0.258 e. The molecule has 0 atom stereocenters. The minimum absolute atomic E-state index is 1.01. The Morgan fingerprint density at radius 3 is 1.62 bits per heavy atom. The Hall–Kier alpha value is -1.70. The predicted octanol–water partition coefficient (Wildman–Crippen LogP) is 2.86. The molecule has 0 spiro atoms. The van der Waals surface area contributed by atoms with Gasteiger partial charge in [-0.2, -0.15) is 0 Å². The van der Waals surface area contributed by atoms with E-state index in [0.29, 0.717) is 0 Å². The SMILES string of the molecule is Cc1ccc2c(n1)CCc1nc(C)ccc1-2. The van der Waals surface area contributed by atoms with Crippen LogP contribution >= 0.6 is 0 Å². The average molecular weight is 210 g/mol. The van der Waals surface area contributed by atoms with Crippen molar-refractivity contribution in [2.45, 2.75) is 26.7 Å². The first-order valence-electron chi connectivity index (χ1n) is 5.67. The van der Waals surface area contributed by atoms with E-state index >= 15 is 0 Å². The zero-order chi connectivity index (χ0) is 11.1. The molecule has 0 radical (unpaired) electrons. The molecule has 0 aromatic carbocycles. The van der Waals surface area contributed by atoms with E-state index in [9.17, 15) is 0 Å². The van der Waals surface area contributed by atoms with Crippen molar-refractivity contribution < 1.29 is 0 Å². The van der Waals surface area contributed by atoms with Gasteiger partial charge in [-0.1, -0.05) is 12.1 Å². The molecule has 0 saturated heterocycles. The summed E-state index contributed by atoms with van der Waals surface area (Å²) in [5.41, 5.74) is 7.17. The van der Waals surface area contributed by atoms with E-state index in [-0.39, 0.29) is 0 Å². The number of pyridine rings is 2. The average Bonchev–Trinajstić information content (AvgIpc) is 2.28. The minimum atomic E-state index is 1.01. The Morgan fingerprint density at radius 1 is 0.750 bits per heavy atom. The van der Waals surface area contributed by atoms with E-state index in [1.54, 1.807) is 0 Å². The van der Waals surface area contributed by atoms with Gasteiger partial charge in [0.25, 0.3) is 0 Å². The first kappa shape index (κ1) is 9.52. The molecule has 0 aliphatic heterocycles. The van der Waals surface area contributed by atoms with Crippen molar-refractivity contribution in [1.29, 1.82) is 0 Å². The number of aromatic nitrogens is 2. The molecular formula is C14H14N2. The van der Waals surface area contributed by atoms with Gasteiger partial charge in [0.2, 0.25) is 0 Å². The molecule has 2 aromatic rings. The van der Waals surface area contributed by atoms with Crippen molar-refractivity contribution >= 4 is 0 Å². The normalized spacial score (nSPS) is 13.1. The van der Waals surface area contributed by atoms with Crippen LogP contribution in [0.25, 0.3) is 11.1 Å². The van der Waals surface area contributed by atoms with Crippen molar-refractivity contribution in [3.8, 4) is 11.1 Å². The fourth-order valence-electron chi connectivity index (χ4n) is 2.33. The summed E-state index contributed by atoms with van der Waals surface area (Å²) in [6.07, 6.45) is 2.03. The fourth-order valence-corrected chi connectivity index (χ4v) is 2.33. The van der Waals surface area contributed by atoms with Crippen LogP contribution in [0, 0.1) is 13.8 Å². The summed E-state index contributed by atoms with van der Waals surface area (Å²) >= 11 is 0. The number of hydrogen-bond acceptors (Lipinski definition) is 2. The first-order chi connectivity index (χ1) is 7.74. The predicted molar refractivity (Wildman–Crippen MR) is 64.4 cm³/mol. The Labute approximate surface area is 95.4 Å². The molecule has 2 nitrogen and oxygen atoms in total. The summed E-state index contributed by atoms with van der Waals surface area (Å²) < 4.78 is 0. The van der Waals surface area contributed by atoms with Crippen LogP contribution in [0.4, 0.5) is 0 Å². The summed E-state index contributed by atoms with van der Waals surface area (Å²) in [7, 11) is 0. The van der Waals surface area contributed by atoms with E-state index in [0.717, 1.165) is 24.2 Å². The second kappa shape index (κ2) is 3.41. The Morgan fingerprint density at radius 2 is 1.19 bits per heavy atom. The van der Waals surface area contributed by atoms with Gasteiger partial charge in [0.05, 0.1) is 0 Å². The third-order valence-electron chi connectivity index (χ3n) is 3.12. The van der Waals surface area contributed by atoms with Crippen LogP contribution < -0.4 is 0 Å². The third kappa shape index (κ3) is 1.42. The zero-order valence-electron chi connectivity index (χ0n) is 9.62. The van der Waals surface area contributed by atoms with E-state index < -0.39 is 0 Å². The van der Waals surface area contributed by atoms with E-state index in [1.165, 1.54) is 22.5 Å². The molecule has 3 rings (SSSR count). The zero-order valence-corrected chi connectivity index (χ0v) is 9.62. The number of rotatable bonds is 0. The van der Waals surface area contributed by atoms with Gasteiger partial charge >= 0.3 is 0 Å². The second-order valence-electron chi connectivity index (χ2n) is 4.39. The molecule has 1 aliphatic carbocycles. The van der Waals surface area contributed by atoms with Crippen molar-refractivity contribution in [3.05, 3.63) is 47.0 Å². The lowest BCUT2D eigenvalue weighted by Gasteiger charge is -2.18. The van der Waals surface area contributed by atoms with Crippen molar-refractivity contribution in [1.82, 2.24) is 9.97 Å². The maximum atomic E-state index is 4.61. The fraction of sp³-hybridized carbons (Fsp3) is 0.286. The molecule has 0 bridgehead atoms. The maximum Gasteiger partial charge on any atom is 0.0489 e. The number of aryl methyl sites for hydroxylation is 4. The van der Waals surface area contributed by atoms with Gasteiger partial charge in [0, 0.05) is 33.9 Å². The summed E-state index contributed by atoms with van der Waals surface area (Å²) in [5, 5.41) is 0. The molecule has 16 heavy (non-hydrogen) atoms. The van der Waals surface area contributed by atoms with Crippen LogP contribution in [0.15, 0.2) is 24.3 Å². The van der Waals surface area contributed by atoms with Gasteiger partial charge in [-0.05, 0) is 38.8 Å². The molecule has 0 fully saturated rings. The standard InChI is InChI=1S/C14H14N2/c1-9-3-5-11-12-6-4-10(2)16-14(12)8-7-13(11)15-9/h3-6H,7-8H2,1-2H3. The summed E-state index contributed by atoms with van der Waals surface area (Å²) in [6.45, 7) is 4.09. The van der Waals surface area contributed by atoms with Crippen LogP contribution in [0.3, 0.4) is 0 Å². The summed E-state index contributed by atoms with van der Waals surface area (Å²) in [5.74, 6) is 0. The van der Waals surface area contributed by atoms with E-state index in [1.807, 2.05) is 13.8 Å². The van der Waals surface area contributed by atoms with Crippen LogP contribution in [-0.2, 0) is 12.8 Å². The van der Waals surface area contributed by atoms with Gasteiger partial charge in [0.15, 0.2) is 0 Å². The smallest absolute Gasteiger partial charge is 0.0489 e. The topological polar surface area (TPSA) is 25.8 Å². The molecule has 1 aliphatic rings. The highest BCUT2D eigenvalue weighted by molar-refractivity contribution is 5.70. The molecule has 0 saturated carbocycles. The third-order valence-corrected chi connectivity index (χ3v) is 3.12. The monoisotopic (exact) mass is 210 g/mol. The van der Waals surface area contributed by atoms with Crippen LogP contribution in [0.5, 0.6) is 0 Å². The van der Waals surface area contributed by atoms with Crippen molar-refractivity contribution in [3.63, 3.8) is 0 Å². The van der Waals surface area contributed by atoms with Crippen LogP contribution in [-0.4, -0.2) is 9.97 Å². The van der Waals surface area contributed by atoms with Crippen molar-refractivity contribution in [2.75, 3.05) is 0 Å². The molecule has 0 unspecified atom stereocenters. The highest BCUT2D eigenvalue weighted by Crippen LogP contribution is 2.31.